The van der Waals surface area contributed by atoms with Gasteiger partial charge >= 0.3 is 0 Å². The van der Waals surface area contributed by atoms with Crippen molar-refractivity contribution in [2.45, 2.75) is 50.5 Å². The Hall–Kier alpha value is -2.74. The van der Waals surface area contributed by atoms with Crippen molar-refractivity contribution >= 4 is 29.1 Å². The molecule has 2 amide bonds. The molecule has 1 atom stereocenters. The largest absolute Gasteiger partial charge is 0.367 e. The summed E-state index contributed by atoms with van der Waals surface area (Å²) < 4.78 is 26.5. The Morgan fingerprint density at radius 1 is 1.03 bits per heavy atom. The molecule has 2 saturated heterocycles. The van der Waals surface area contributed by atoms with Gasteiger partial charge in [0, 0.05) is 30.7 Å². The number of alkyl halides is 2. The second-order valence-corrected chi connectivity index (χ2v) is 8.64. The highest BCUT2D eigenvalue weighted by Crippen LogP contribution is 2.39. The lowest BCUT2D eigenvalue weighted by Crippen LogP contribution is -2.39. The van der Waals surface area contributed by atoms with Gasteiger partial charge in [-0.2, -0.15) is 0 Å². The van der Waals surface area contributed by atoms with E-state index in [0.29, 0.717) is 30.2 Å². The Kier molecular flexibility index (Phi) is 6.60. The number of piperidine rings is 2. The number of rotatable bonds is 5. The highest BCUT2D eigenvalue weighted by atomic mass is 35.5. The molecule has 0 bridgehead atoms. The molecule has 0 saturated carbocycles. The minimum absolute atomic E-state index is 0.152. The molecule has 32 heavy (non-hydrogen) atoms. The first-order valence-corrected chi connectivity index (χ1v) is 11.1. The fraction of sp³-hybridized carbons (Fsp3) is 0.435. The van der Waals surface area contributed by atoms with Gasteiger partial charge in [0.05, 0.1) is 12.5 Å². The summed E-state index contributed by atoms with van der Waals surface area (Å²) in [5.74, 6) is -0.879. The summed E-state index contributed by atoms with van der Waals surface area (Å²) in [5, 5.41) is 2.93. The monoisotopic (exact) mass is 463 g/mol. The van der Waals surface area contributed by atoms with E-state index in [1.807, 2.05) is 23.1 Å². The van der Waals surface area contributed by atoms with Crippen LogP contribution in [0.25, 0.3) is 0 Å². The number of nitrogens with one attached hydrogen (secondary N) is 1. The van der Waals surface area contributed by atoms with Gasteiger partial charge in [-0.25, -0.2) is 8.78 Å². The minimum atomic E-state index is -2.59. The van der Waals surface area contributed by atoms with E-state index < -0.39 is 24.4 Å². The number of benzene rings is 1. The van der Waals surface area contributed by atoms with Crippen LogP contribution in [0, 0.1) is 0 Å². The van der Waals surface area contributed by atoms with Gasteiger partial charge in [-0.3, -0.25) is 19.7 Å². The van der Waals surface area contributed by atoms with Crippen molar-refractivity contribution in [2.24, 2.45) is 0 Å². The van der Waals surface area contributed by atoms with Gasteiger partial charge in [-0.1, -0.05) is 29.8 Å². The Bertz CT molecular complexity index is 1080. The summed E-state index contributed by atoms with van der Waals surface area (Å²) in [6, 6.07) is 8.95. The molecule has 2 fully saturated rings. The van der Waals surface area contributed by atoms with Gasteiger partial charge in [0.15, 0.2) is 0 Å². The van der Waals surface area contributed by atoms with Crippen LogP contribution in [-0.2, 0) is 16.1 Å². The Labute approximate surface area is 189 Å². The molecule has 1 unspecified atom stereocenters. The van der Waals surface area contributed by atoms with Crippen molar-refractivity contribution in [2.75, 3.05) is 18.0 Å². The van der Waals surface area contributed by atoms with E-state index in [0.717, 1.165) is 28.5 Å². The van der Waals surface area contributed by atoms with Crippen molar-refractivity contribution in [1.82, 2.24) is 9.88 Å². The number of anilines is 1. The van der Waals surface area contributed by atoms with Crippen LogP contribution >= 0.6 is 11.6 Å². The molecule has 0 aliphatic carbocycles. The van der Waals surface area contributed by atoms with Gasteiger partial charge in [0.2, 0.25) is 11.8 Å². The molecule has 0 radical (unpaired) electrons. The van der Waals surface area contributed by atoms with Crippen LogP contribution in [-0.4, -0.2) is 35.9 Å². The molecule has 1 aromatic carbocycles. The van der Waals surface area contributed by atoms with Crippen molar-refractivity contribution in [3.8, 4) is 0 Å². The second kappa shape index (κ2) is 9.40. The molecule has 1 N–H and O–H groups in total. The Balaban J connectivity index is 1.49. The van der Waals surface area contributed by atoms with E-state index >= 15 is 0 Å². The molecule has 170 valence electrons. The number of nitrogens with zero attached hydrogens (tertiary/aromatic N) is 2. The van der Waals surface area contributed by atoms with Crippen molar-refractivity contribution < 1.29 is 18.4 Å². The van der Waals surface area contributed by atoms with Crippen LogP contribution in [0.4, 0.5) is 14.5 Å². The topological polar surface area (TPSA) is 71.4 Å². The SMILES string of the molecule is O=C1CCC(c2cccc(C3CCN(c4cccn(CC(F)F)c4=O)CC3)c2Cl)C(=O)N1. The third-order valence-corrected chi connectivity index (χ3v) is 6.72. The normalized spacial score (nSPS) is 20.0. The van der Waals surface area contributed by atoms with Crippen molar-refractivity contribution in [1.29, 1.82) is 0 Å². The number of halogens is 3. The first-order valence-electron chi connectivity index (χ1n) is 10.7. The second-order valence-electron chi connectivity index (χ2n) is 8.26. The van der Waals surface area contributed by atoms with E-state index in [4.69, 9.17) is 11.6 Å². The minimum Gasteiger partial charge on any atom is -0.367 e. The molecule has 4 rings (SSSR count). The molecule has 6 nitrogen and oxygen atoms in total. The number of aromatic nitrogens is 1. The number of hydrogen-bond acceptors (Lipinski definition) is 4. The lowest BCUT2D eigenvalue weighted by atomic mass is 9.84. The molecule has 9 heteroatoms. The van der Waals surface area contributed by atoms with Gasteiger partial charge in [-0.05, 0) is 48.4 Å². The number of carbonyl (C=O) groups excluding carboxylic acids is 2. The smallest absolute Gasteiger partial charge is 0.274 e. The number of carbonyl (C=O) groups is 2. The number of amides is 2. The summed E-state index contributed by atoms with van der Waals surface area (Å²) in [4.78, 5) is 38.3. The highest BCUT2D eigenvalue weighted by Gasteiger charge is 2.31. The van der Waals surface area contributed by atoms with Gasteiger partial charge < -0.3 is 9.47 Å². The number of hydrogen-bond donors (Lipinski definition) is 1. The average molecular weight is 464 g/mol. The maximum absolute atomic E-state index is 12.7. The number of pyridine rings is 1. The van der Waals surface area contributed by atoms with Crippen molar-refractivity contribution in [3.05, 3.63) is 63.0 Å². The van der Waals surface area contributed by atoms with Crippen LogP contribution in [0.15, 0.2) is 41.3 Å². The summed E-state index contributed by atoms with van der Waals surface area (Å²) in [5.41, 5.74) is 1.70. The predicted molar refractivity (Wildman–Crippen MR) is 117 cm³/mol. The van der Waals surface area contributed by atoms with Crippen molar-refractivity contribution in [3.63, 3.8) is 0 Å². The van der Waals surface area contributed by atoms with E-state index in [2.05, 4.69) is 5.32 Å². The lowest BCUT2D eigenvalue weighted by molar-refractivity contribution is -0.134. The first kappa shape index (κ1) is 22.5. The zero-order chi connectivity index (χ0) is 22.8. The van der Waals surface area contributed by atoms with Gasteiger partial charge in [0.25, 0.3) is 12.0 Å². The molecule has 2 aromatic rings. The quantitative estimate of drug-likeness (QED) is 0.687. The molecule has 2 aliphatic heterocycles. The van der Waals surface area contributed by atoms with Crippen LogP contribution in [0.2, 0.25) is 5.02 Å². The van der Waals surface area contributed by atoms with Crippen LogP contribution in [0.1, 0.15) is 48.6 Å². The predicted octanol–water partition coefficient (Wildman–Crippen LogP) is 3.67. The van der Waals surface area contributed by atoms with Gasteiger partial charge in [0.1, 0.15) is 5.69 Å². The maximum Gasteiger partial charge on any atom is 0.274 e. The summed E-state index contributed by atoms with van der Waals surface area (Å²) in [6.07, 6.45) is 0.988. The highest BCUT2D eigenvalue weighted by molar-refractivity contribution is 6.32. The van der Waals surface area contributed by atoms with Crippen LogP contribution < -0.4 is 15.8 Å². The third kappa shape index (κ3) is 4.55. The van der Waals surface area contributed by atoms with Gasteiger partial charge in [-0.15, -0.1) is 0 Å². The van der Waals surface area contributed by atoms with E-state index in [1.165, 1.54) is 6.20 Å². The molecule has 0 spiro atoms. The molecule has 1 aromatic heterocycles. The summed E-state index contributed by atoms with van der Waals surface area (Å²) in [7, 11) is 0. The molecule has 2 aliphatic rings. The molecular formula is C23H24ClF2N3O3. The summed E-state index contributed by atoms with van der Waals surface area (Å²) in [6.45, 7) is 0.570. The Morgan fingerprint density at radius 3 is 2.44 bits per heavy atom. The van der Waals surface area contributed by atoms with Crippen LogP contribution in [0.5, 0.6) is 0 Å². The zero-order valence-corrected chi connectivity index (χ0v) is 18.2. The first-order chi connectivity index (χ1) is 15.3. The third-order valence-electron chi connectivity index (χ3n) is 6.28. The fourth-order valence-corrected chi connectivity index (χ4v) is 5.04. The van der Waals surface area contributed by atoms with E-state index in [-0.39, 0.29) is 24.2 Å². The lowest BCUT2D eigenvalue weighted by Gasteiger charge is -2.34. The van der Waals surface area contributed by atoms with Crippen LogP contribution in [0.3, 0.4) is 0 Å². The summed E-state index contributed by atoms with van der Waals surface area (Å²) >= 11 is 6.72. The standard InChI is InChI=1S/C23H24ClF2N3O3/c24-21-15(3-1-4-16(21)17-6-7-20(30)27-22(17)31)14-8-11-28(12-9-14)18-5-2-10-29(23(18)32)13-19(25)26/h1-5,10,14,17,19H,6-9,11-13H2,(H,27,30,31). The zero-order valence-electron chi connectivity index (χ0n) is 17.4. The van der Waals surface area contributed by atoms with E-state index in [1.54, 1.807) is 12.1 Å². The molecule has 3 heterocycles. The fourth-order valence-electron chi connectivity index (χ4n) is 4.63. The Morgan fingerprint density at radius 2 is 1.75 bits per heavy atom. The molecular weight excluding hydrogens is 440 g/mol. The maximum atomic E-state index is 12.7. The average Bonchev–Trinajstić information content (AvgIpc) is 2.76. The number of imide groups is 1. The van der Waals surface area contributed by atoms with E-state index in [9.17, 15) is 23.2 Å².